The number of aromatic nitrogens is 3. The summed E-state index contributed by atoms with van der Waals surface area (Å²) in [6, 6.07) is 14.8. The third kappa shape index (κ3) is 4.84. The fourth-order valence-electron chi connectivity index (χ4n) is 3.13. The number of anilines is 1. The molecule has 9 heteroatoms. The number of benzene rings is 2. The minimum absolute atomic E-state index is 0.0972. The first-order chi connectivity index (χ1) is 15.4. The molecule has 2 aromatic heterocycles. The van der Waals surface area contributed by atoms with Crippen LogP contribution in [0.1, 0.15) is 28.3 Å². The van der Waals surface area contributed by atoms with Crippen LogP contribution in [0.3, 0.4) is 0 Å². The molecule has 7 nitrogen and oxygen atoms in total. The molecule has 4 rings (SSSR count). The molecule has 0 aliphatic carbocycles. The number of fused-ring (bicyclic) bond motifs is 1. The Labute approximate surface area is 194 Å². The Morgan fingerprint density at radius 3 is 2.62 bits per heavy atom. The predicted octanol–water partition coefficient (Wildman–Crippen LogP) is 4.59. The zero-order valence-electron chi connectivity index (χ0n) is 18.0. The molecule has 1 atom stereocenters. The number of carbonyl (C=O) groups excluding carboxylic acids is 2. The minimum Gasteiger partial charge on any atom is -0.333 e. The van der Waals surface area contributed by atoms with Crippen molar-refractivity contribution in [2.45, 2.75) is 18.1 Å². The van der Waals surface area contributed by atoms with Crippen LogP contribution in [0.15, 0.2) is 66.1 Å². The van der Waals surface area contributed by atoms with Gasteiger partial charge in [-0.15, -0.1) is 11.3 Å². The van der Waals surface area contributed by atoms with Gasteiger partial charge >= 0.3 is 0 Å². The molecule has 0 bridgehead atoms. The number of carbonyl (C=O) groups is 2. The number of imidazole rings is 1. The van der Waals surface area contributed by atoms with Crippen LogP contribution >= 0.6 is 23.1 Å². The van der Waals surface area contributed by atoms with Crippen molar-refractivity contribution in [3.8, 4) is 0 Å². The second kappa shape index (κ2) is 9.54. The van der Waals surface area contributed by atoms with Crippen molar-refractivity contribution in [2.24, 2.45) is 7.05 Å². The second-order valence-electron chi connectivity index (χ2n) is 7.35. The largest absolute Gasteiger partial charge is 0.333 e. The molecule has 164 valence electrons. The van der Waals surface area contributed by atoms with Crippen molar-refractivity contribution in [1.82, 2.24) is 19.4 Å². The Morgan fingerprint density at radius 2 is 1.94 bits per heavy atom. The van der Waals surface area contributed by atoms with E-state index in [1.165, 1.54) is 11.8 Å². The number of thioether (sulfide) groups is 1. The van der Waals surface area contributed by atoms with Crippen molar-refractivity contribution in [1.29, 1.82) is 0 Å². The molecular weight excluding hydrogens is 442 g/mol. The van der Waals surface area contributed by atoms with E-state index in [9.17, 15) is 9.59 Å². The van der Waals surface area contributed by atoms with Gasteiger partial charge in [0.1, 0.15) is 5.01 Å². The van der Waals surface area contributed by atoms with Crippen LogP contribution in [0.5, 0.6) is 0 Å². The van der Waals surface area contributed by atoms with Gasteiger partial charge in [0.15, 0.2) is 5.16 Å². The van der Waals surface area contributed by atoms with Crippen LogP contribution in [0.4, 0.5) is 5.69 Å². The Kier molecular flexibility index (Phi) is 6.57. The summed E-state index contributed by atoms with van der Waals surface area (Å²) in [4.78, 5) is 35.7. The first-order valence-electron chi connectivity index (χ1n) is 10.0. The third-order valence-electron chi connectivity index (χ3n) is 5.09. The van der Waals surface area contributed by atoms with Gasteiger partial charge < -0.3 is 14.8 Å². The SMILES string of the molecule is CC(c1nc2ccccc2s1)N(C)C(=O)c1ccc(NC(=O)CSc2nccn2C)cc1. The molecule has 2 amide bonds. The highest BCUT2D eigenvalue weighted by Gasteiger charge is 2.22. The zero-order valence-corrected chi connectivity index (χ0v) is 19.6. The lowest BCUT2D eigenvalue weighted by Crippen LogP contribution is -2.29. The molecule has 0 aliphatic heterocycles. The maximum absolute atomic E-state index is 13.0. The number of rotatable bonds is 7. The van der Waals surface area contributed by atoms with Gasteiger partial charge in [0.2, 0.25) is 5.91 Å². The molecule has 0 aliphatic rings. The van der Waals surface area contributed by atoms with E-state index in [2.05, 4.69) is 15.3 Å². The smallest absolute Gasteiger partial charge is 0.254 e. The Balaban J connectivity index is 1.36. The quantitative estimate of drug-likeness (QED) is 0.404. The molecule has 4 aromatic rings. The van der Waals surface area contributed by atoms with Gasteiger partial charge in [-0.05, 0) is 43.3 Å². The highest BCUT2D eigenvalue weighted by Crippen LogP contribution is 2.29. The highest BCUT2D eigenvalue weighted by atomic mass is 32.2. The maximum Gasteiger partial charge on any atom is 0.254 e. The lowest BCUT2D eigenvalue weighted by atomic mass is 10.1. The number of para-hydroxylation sites is 1. The van der Waals surface area contributed by atoms with Crippen LogP contribution in [0.2, 0.25) is 0 Å². The van der Waals surface area contributed by atoms with Crippen LogP contribution in [-0.2, 0) is 11.8 Å². The van der Waals surface area contributed by atoms with E-state index in [-0.39, 0.29) is 23.6 Å². The summed E-state index contributed by atoms with van der Waals surface area (Å²) in [7, 11) is 3.67. The molecule has 0 fully saturated rings. The molecule has 0 saturated heterocycles. The number of nitrogens with zero attached hydrogens (tertiary/aromatic N) is 4. The van der Waals surface area contributed by atoms with Gasteiger partial charge in [0.05, 0.1) is 22.0 Å². The summed E-state index contributed by atoms with van der Waals surface area (Å²) in [5, 5.41) is 4.54. The normalized spacial score (nSPS) is 12.0. The number of nitrogens with one attached hydrogen (secondary N) is 1. The predicted molar refractivity (Wildman–Crippen MR) is 129 cm³/mol. The minimum atomic E-state index is -0.151. The number of amides is 2. The molecule has 1 N–H and O–H groups in total. The van der Waals surface area contributed by atoms with Crippen molar-refractivity contribution < 1.29 is 9.59 Å². The molecule has 2 heterocycles. The van der Waals surface area contributed by atoms with Crippen molar-refractivity contribution >= 4 is 50.8 Å². The maximum atomic E-state index is 13.0. The van der Waals surface area contributed by atoms with Crippen molar-refractivity contribution in [3.63, 3.8) is 0 Å². The summed E-state index contributed by atoms with van der Waals surface area (Å²) in [5.74, 6) is 0.0344. The van der Waals surface area contributed by atoms with E-state index in [0.717, 1.165) is 20.4 Å². The Bertz CT molecular complexity index is 1220. The number of hydrogen-bond donors (Lipinski definition) is 1. The topological polar surface area (TPSA) is 80.1 Å². The van der Waals surface area contributed by atoms with Gasteiger partial charge in [-0.3, -0.25) is 9.59 Å². The lowest BCUT2D eigenvalue weighted by Gasteiger charge is -2.23. The van der Waals surface area contributed by atoms with E-state index in [0.29, 0.717) is 11.3 Å². The summed E-state index contributed by atoms with van der Waals surface area (Å²) in [5.41, 5.74) is 2.15. The van der Waals surface area contributed by atoms with Crippen LogP contribution < -0.4 is 5.32 Å². The van der Waals surface area contributed by atoms with Crippen molar-refractivity contribution in [2.75, 3.05) is 18.1 Å². The third-order valence-corrected chi connectivity index (χ3v) is 7.36. The second-order valence-corrected chi connectivity index (χ2v) is 9.35. The standard InChI is InChI=1S/C23H23N5O2S2/c1-15(21-26-18-6-4-5-7-19(18)32-21)28(3)22(30)16-8-10-17(11-9-16)25-20(29)14-31-23-24-12-13-27(23)2/h4-13,15H,14H2,1-3H3,(H,25,29). The van der Waals surface area contributed by atoms with E-state index < -0.39 is 0 Å². The Hall–Kier alpha value is -3.17. The number of thiazole rings is 1. The molecule has 0 saturated carbocycles. The molecule has 32 heavy (non-hydrogen) atoms. The van der Waals surface area contributed by atoms with Gasteiger partial charge in [-0.1, -0.05) is 23.9 Å². The number of aryl methyl sites for hydroxylation is 1. The fraction of sp³-hybridized carbons (Fsp3) is 0.217. The first kappa shape index (κ1) is 22.0. The van der Waals surface area contributed by atoms with Gasteiger partial charge in [0, 0.05) is 37.7 Å². The lowest BCUT2D eigenvalue weighted by molar-refractivity contribution is -0.113. The van der Waals surface area contributed by atoms with E-state index in [4.69, 9.17) is 0 Å². The van der Waals surface area contributed by atoms with Gasteiger partial charge in [-0.2, -0.15) is 0 Å². The number of hydrogen-bond acceptors (Lipinski definition) is 6. The van der Waals surface area contributed by atoms with E-state index in [1.807, 2.05) is 49.0 Å². The highest BCUT2D eigenvalue weighted by molar-refractivity contribution is 7.99. The van der Waals surface area contributed by atoms with Crippen LogP contribution in [-0.4, -0.2) is 44.0 Å². The molecular formula is C23H23N5O2S2. The van der Waals surface area contributed by atoms with Crippen LogP contribution in [0, 0.1) is 0 Å². The monoisotopic (exact) mass is 465 g/mol. The van der Waals surface area contributed by atoms with Gasteiger partial charge in [-0.25, -0.2) is 9.97 Å². The summed E-state index contributed by atoms with van der Waals surface area (Å²) in [6.07, 6.45) is 3.54. The molecule has 1 unspecified atom stereocenters. The molecule has 2 aromatic carbocycles. The average molecular weight is 466 g/mol. The molecule has 0 spiro atoms. The van der Waals surface area contributed by atoms with Crippen molar-refractivity contribution in [3.05, 3.63) is 71.5 Å². The summed E-state index contributed by atoms with van der Waals surface area (Å²) < 4.78 is 2.97. The average Bonchev–Trinajstić information content (AvgIpc) is 3.42. The van der Waals surface area contributed by atoms with Crippen LogP contribution in [0.25, 0.3) is 10.2 Å². The summed E-state index contributed by atoms with van der Waals surface area (Å²) >= 11 is 2.97. The summed E-state index contributed by atoms with van der Waals surface area (Å²) in [6.45, 7) is 1.98. The van der Waals surface area contributed by atoms with E-state index in [1.54, 1.807) is 53.7 Å². The van der Waals surface area contributed by atoms with E-state index >= 15 is 0 Å². The zero-order chi connectivity index (χ0) is 22.7. The molecule has 0 radical (unpaired) electrons. The first-order valence-corrected chi connectivity index (χ1v) is 11.9. The Morgan fingerprint density at radius 1 is 1.19 bits per heavy atom. The fourth-order valence-corrected chi connectivity index (χ4v) is 4.92. The van der Waals surface area contributed by atoms with Gasteiger partial charge in [0.25, 0.3) is 5.91 Å².